The summed E-state index contributed by atoms with van der Waals surface area (Å²) < 4.78 is 5.20. The highest BCUT2D eigenvalue weighted by Gasteiger charge is 2.35. The van der Waals surface area contributed by atoms with Gasteiger partial charge < -0.3 is 9.73 Å². The highest BCUT2D eigenvalue weighted by Crippen LogP contribution is 2.32. The molecule has 1 amide bonds. The summed E-state index contributed by atoms with van der Waals surface area (Å²) in [6.45, 7) is 6.87. The van der Waals surface area contributed by atoms with Crippen molar-refractivity contribution in [3.8, 4) is 0 Å². The average Bonchev–Trinajstić information content (AvgIpc) is 2.67. The molecule has 2 heterocycles. The zero-order chi connectivity index (χ0) is 13.3. The number of likely N-dealkylation sites (N-methyl/N-ethyl adjacent to an activating group) is 1. The summed E-state index contributed by atoms with van der Waals surface area (Å²) in [6, 6.07) is -0.153. The largest absolute Gasteiger partial charge is 0.447 e. The van der Waals surface area contributed by atoms with E-state index in [4.69, 9.17) is 4.42 Å². The second kappa shape index (κ2) is 4.72. The molecular weight excluding hydrogens is 230 g/mol. The Kier molecular flexibility index (Phi) is 3.43. The molecule has 1 aromatic rings. The summed E-state index contributed by atoms with van der Waals surface area (Å²) >= 11 is 0. The molecule has 1 aliphatic rings. The third kappa shape index (κ3) is 2.56. The molecule has 1 saturated heterocycles. The van der Waals surface area contributed by atoms with Gasteiger partial charge in [-0.15, -0.1) is 0 Å². The molecule has 18 heavy (non-hydrogen) atoms. The molecule has 1 aromatic heterocycles. The summed E-state index contributed by atoms with van der Waals surface area (Å²) in [7, 11) is 1.83. The van der Waals surface area contributed by atoms with Gasteiger partial charge in [-0.05, 0) is 25.3 Å². The monoisotopic (exact) mass is 251 g/mol. The van der Waals surface area contributed by atoms with E-state index in [1.54, 1.807) is 18.1 Å². The first-order valence-electron chi connectivity index (χ1n) is 6.34. The van der Waals surface area contributed by atoms with Gasteiger partial charge in [-0.3, -0.25) is 9.69 Å². The van der Waals surface area contributed by atoms with Gasteiger partial charge in [0, 0.05) is 13.5 Å². The summed E-state index contributed by atoms with van der Waals surface area (Å²) in [5.74, 6) is 1.29. The summed E-state index contributed by atoms with van der Waals surface area (Å²) in [5.41, 5.74) is 0.150. The molecule has 0 bridgehead atoms. The first-order valence-corrected chi connectivity index (χ1v) is 6.34. The first kappa shape index (κ1) is 13.1. The molecule has 100 valence electrons. The van der Waals surface area contributed by atoms with Crippen LogP contribution in [0.2, 0.25) is 0 Å². The second-order valence-electron chi connectivity index (χ2n) is 5.67. The van der Waals surface area contributed by atoms with Crippen molar-refractivity contribution < 1.29 is 9.21 Å². The Bertz CT molecular complexity index is 439. The van der Waals surface area contributed by atoms with E-state index >= 15 is 0 Å². The predicted molar refractivity (Wildman–Crippen MR) is 69.5 cm³/mol. The van der Waals surface area contributed by atoms with Crippen molar-refractivity contribution in [2.24, 2.45) is 5.41 Å². The maximum Gasteiger partial charge on any atom is 0.245 e. The van der Waals surface area contributed by atoms with Crippen LogP contribution < -0.4 is 10.2 Å². The van der Waals surface area contributed by atoms with E-state index in [0.29, 0.717) is 18.3 Å². The number of aryl methyl sites for hydroxylation is 1. The van der Waals surface area contributed by atoms with Crippen LogP contribution in [-0.2, 0) is 4.79 Å². The zero-order valence-electron chi connectivity index (χ0n) is 11.5. The third-order valence-electron chi connectivity index (χ3n) is 3.56. The molecular formula is C13H21N3O2. The number of amides is 1. The van der Waals surface area contributed by atoms with Crippen LogP contribution in [0.3, 0.4) is 0 Å². The number of nitrogens with zero attached hydrogens (tertiary/aromatic N) is 2. The quantitative estimate of drug-likeness (QED) is 0.869. The molecule has 5 nitrogen and oxygen atoms in total. The molecule has 0 saturated carbocycles. The molecule has 5 heteroatoms. The Morgan fingerprint density at radius 1 is 1.56 bits per heavy atom. The molecule has 2 rings (SSSR count). The number of aromatic nitrogens is 1. The molecule has 0 aromatic carbocycles. The van der Waals surface area contributed by atoms with Crippen molar-refractivity contribution in [1.82, 2.24) is 10.3 Å². The molecule has 1 unspecified atom stereocenters. The summed E-state index contributed by atoms with van der Waals surface area (Å²) in [4.78, 5) is 18.4. The average molecular weight is 251 g/mol. The fraction of sp³-hybridized carbons (Fsp3) is 0.692. The Hall–Kier alpha value is -1.36. The fourth-order valence-electron chi connectivity index (χ4n) is 2.38. The maximum atomic E-state index is 12.5. The zero-order valence-corrected chi connectivity index (χ0v) is 11.5. The molecule has 0 aliphatic carbocycles. The highest BCUT2D eigenvalue weighted by atomic mass is 16.3. The number of carbonyl (C=O) groups is 1. The van der Waals surface area contributed by atoms with Gasteiger partial charge in [0.2, 0.25) is 5.91 Å². The van der Waals surface area contributed by atoms with E-state index in [9.17, 15) is 4.79 Å². The molecule has 0 spiro atoms. The number of carbonyl (C=O) groups excluding carboxylic acids is 1. The minimum Gasteiger partial charge on any atom is -0.447 e. The Balaban J connectivity index is 2.27. The summed E-state index contributed by atoms with van der Waals surface area (Å²) in [5, 5.41) is 3.11. The van der Waals surface area contributed by atoms with Gasteiger partial charge in [-0.1, -0.05) is 13.8 Å². The van der Waals surface area contributed by atoms with Crippen LogP contribution in [0.1, 0.15) is 32.6 Å². The highest BCUT2D eigenvalue weighted by molar-refractivity contribution is 5.96. The topological polar surface area (TPSA) is 58.4 Å². The smallest absolute Gasteiger partial charge is 0.245 e. The van der Waals surface area contributed by atoms with Crippen LogP contribution in [-0.4, -0.2) is 30.5 Å². The summed E-state index contributed by atoms with van der Waals surface area (Å²) in [6.07, 6.45) is 3.36. The van der Waals surface area contributed by atoms with Crippen LogP contribution >= 0.6 is 0 Å². The molecule has 0 radical (unpaired) electrons. The Morgan fingerprint density at radius 2 is 2.28 bits per heavy atom. The number of hydrogen-bond acceptors (Lipinski definition) is 4. The molecule has 1 fully saturated rings. The van der Waals surface area contributed by atoms with E-state index in [0.717, 1.165) is 12.8 Å². The van der Waals surface area contributed by atoms with E-state index < -0.39 is 0 Å². The van der Waals surface area contributed by atoms with Crippen LogP contribution in [0, 0.1) is 12.3 Å². The standard InChI is InChI=1S/C13H21N3O2/c1-9-15-11(8-18-9)16-6-5-13(2,3)7-10(14-4)12(16)17/h8,10,14H,5-7H2,1-4H3. The van der Waals surface area contributed by atoms with Crippen molar-refractivity contribution in [3.63, 3.8) is 0 Å². The minimum atomic E-state index is -0.153. The lowest BCUT2D eigenvalue weighted by atomic mass is 9.83. The normalized spacial score (nSPS) is 24.1. The van der Waals surface area contributed by atoms with E-state index in [1.807, 2.05) is 7.05 Å². The number of oxazole rings is 1. The van der Waals surface area contributed by atoms with Crippen molar-refractivity contribution in [2.45, 2.75) is 39.7 Å². The number of rotatable bonds is 2. The predicted octanol–water partition coefficient (Wildman–Crippen LogP) is 1.72. The van der Waals surface area contributed by atoms with Gasteiger partial charge in [0.15, 0.2) is 11.7 Å². The molecule has 1 atom stereocenters. The van der Waals surface area contributed by atoms with Crippen LogP contribution in [0.5, 0.6) is 0 Å². The lowest BCUT2D eigenvalue weighted by molar-refractivity contribution is -0.120. The van der Waals surface area contributed by atoms with E-state index in [-0.39, 0.29) is 17.4 Å². The van der Waals surface area contributed by atoms with Gasteiger partial charge in [0.1, 0.15) is 6.26 Å². The fourth-order valence-corrected chi connectivity index (χ4v) is 2.38. The molecule has 1 N–H and O–H groups in total. The van der Waals surface area contributed by atoms with Crippen molar-refractivity contribution in [2.75, 3.05) is 18.5 Å². The van der Waals surface area contributed by atoms with Gasteiger partial charge in [0.25, 0.3) is 0 Å². The van der Waals surface area contributed by atoms with Gasteiger partial charge in [0.05, 0.1) is 6.04 Å². The van der Waals surface area contributed by atoms with Gasteiger partial charge in [-0.2, -0.15) is 4.98 Å². The van der Waals surface area contributed by atoms with Crippen LogP contribution in [0.4, 0.5) is 5.82 Å². The van der Waals surface area contributed by atoms with Crippen LogP contribution in [0.25, 0.3) is 0 Å². The minimum absolute atomic E-state index is 0.0800. The Morgan fingerprint density at radius 3 is 2.83 bits per heavy atom. The Labute approximate surface area is 108 Å². The second-order valence-corrected chi connectivity index (χ2v) is 5.67. The maximum absolute atomic E-state index is 12.5. The SMILES string of the molecule is CNC1CC(C)(C)CCN(c2coc(C)n2)C1=O. The third-order valence-corrected chi connectivity index (χ3v) is 3.56. The van der Waals surface area contributed by atoms with E-state index in [1.165, 1.54) is 0 Å². The van der Waals surface area contributed by atoms with Crippen molar-refractivity contribution in [1.29, 1.82) is 0 Å². The lowest BCUT2D eigenvalue weighted by Gasteiger charge is -2.24. The number of nitrogens with one attached hydrogen (secondary N) is 1. The molecule has 1 aliphatic heterocycles. The van der Waals surface area contributed by atoms with Crippen LogP contribution in [0.15, 0.2) is 10.7 Å². The number of anilines is 1. The van der Waals surface area contributed by atoms with Crippen molar-refractivity contribution in [3.05, 3.63) is 12.2 Å². The number of hydrogen-bond donors (Lipinski definition) is 1. The lowest BCUT2D eigenvalue weighted by Crippen LogP contribution is -2.44. The van der Waals surface area contributed by atoms with E-state index in [2.05, 4.69) is 24.1 Å². The van der Waals surface area contributed by atoms with Gasteiger partial charge in [-0.25, -0.2) is 0 Å². The first-order chi connectivity index (χ1) is 8.43. The van der Waals surface area contributed by atoms with Crippen molar-refractivity contribution >= 4 is 11.7 Å². The van der Waals surface area contributed by atoms with Gasteiger partial charge >= 0.3 is 0 Å².